The van der Waals surface area contributed by atoms with Crippen molar-refractivity contribution in [3.8, 4) is 0 Å². The van der Waals surface area contributed by atoms with Crippen LogP contribution in [0.2, 0.25) is 0 Å². The van der Waals surface area contributed by atoms with Gasteiger partial charge in [-0.3, -0.25) is 14.4 Å². The Labute approximate surface area is 290 Å². The molecule has 12 nitrogen and oxygen atoms in total. The van der Waals surface area contributed by atoms with Gasteiger partial charge in [0, 0.05) is 25.2 Å². The van der Waals surface area contributed by atoms with Crippen LogP contribution in [0, 0.1) is 28.1 Å². The molecule has 0 heterocycles. The SMILES string of the molecule is C=C[C@]1(C)C(=O)[C@]2(O)[C@H](OC(C)=O)C[C@H]3C(C)(C)[C@H](O)[C@H](OC(C)=O)[C@H](OC(=O)c4ccccc4)[C@]3(C)[C@H]2[C@H](OC(=O)c2ccccc2)[C@@H]1O. The molecule has 2 aromatic rings. The van der Waals surface area contributed by atoms with E-state index in [-0.39, 0.29) is 17.5 Å². The van der Waals surface area contributed by atoms with Crippen LogP contribution in [0.25, 0.3) is 0 Å². The van der Waals surface area contributed by atoms with Gasteiger partial charge in [0.05, 0.1) is 16.5 Å². The van der Waals surface area contributed by atoms with Crippen molar-refractivity contribution in [1.82, 2.24) is 0 Å². The van der Waals surface area contributed by atoms with Crippen LogP contribution in [0.1, 0.15) is 68.7 Å². The predicted octanol–water partition coefficient (Wildman–Crippen LogP) is 3.21. The summed E-state index contributed by atoms with van der Waals surface area (Å²) in [5.41, 5.74) is -7.42. The third-order valence-electron chi connectivity index (χ3n) is 11.4. The molecule has 3 fully saturated rings. The molecule has 0 saturated heterocycles. The number of fused-ring (bicyclic) bond motifs is 3. The first-order chi connectivity index (χ1) is 23.4. The zero-order valence-electron chi connectivity index (χ0n) is 28.9. The van der Waals surface area contributed by atoms with Gasteiger partial charge in [-0.25, -0.2) is 9.59 Å². The Morgan fingerprint density at radius 2 is 1.26 bits per heavy atom. The number of aliphatic hydroxyl groups excluding tert-OH is 2. The Bertz CT molecular complexity index is 1670. The summed E-state index contributed by atoms with van der Waals surface area (Å²) in [6, 6.07) is 15.7. The zero-order valence-corrected chi connectivity index (χ0v) is 28.9. The number of esters is 4. The highest BCUT2D eigenvalue weighted by Gasteiger charge is 2.80. The van der Waals surface area contributed by atoms with Gasteiger partial charge in [-0.05, 0) is 48.9 Å². The highest BCUT2D eigenvalue weighted by Crippen LogP contribution is 2.67. The third kappa shape index (κ3) is 5.63. The molecule has 2 aromatic carbocycles. The lowest BCUT2D eigenvalue weighted by Gasteiger charge is -2.69. The first-order valence-electron chi connectivity index (χ1n) is 16.5. The fourth-order valence-corrected chi connectivity index (χ4v) is 8.87. The van der Waals surface area contributed by atoms with Gasteiger partial charge >= 0.3 is 23.9 Å². The Kier molecular flexibility index (Phi) is 9.63. The van der Waals surface area contributed by atoms with E-state index in [2.05, 4.69) is 6.58 Å². The second-order valence-electron chi connectivity index (χ2n) is 14.6. The number of hydrogen-bond acceptors (Lipinski definition) is 12. The van der Waals surface area contributed by atoms with E-state index >= 15 is 0 Å². The van der Waals surface area contributed by atoms with Gasteiger partial charge in [-0.1, -0.05) is 63.2 Å². The highest BCUT2D eigenvalue weighted by molar-refractivity contribution is 5.97. The van der Waals surface area contributed by atoms with Crippen molar-refractivity contribution < 1.29 is 58.2 Å². The quantitative estimate of drug-likeness (QED) is 0.219. The van der Waals surface area contributed by atoms with Gasteiger partial charge in [-0.15, -0.1) is 6.58 Å². The van der Waals surface area contributed by atoms with Gasteiger partial charge in [-0.2, -0.15) is 0 Å². The van der Waals surface area contributed by atoms with Crippen LogP contribution in [-0.4, -0.2) is 87.2 Å². The predicted molar refractivity (Wildman–Crippen MR) is 176 cm³/mol. The van der Waals surface area contributed by atoms with Crippen molar-refractivity contribution in [2.75, 3.05) is 0 Å². The molecule has 0 radical (unpaired) electrons. The van der Waals surface area contributed by atoms with E-state index in [9.17, 15) is 39.3 Å². The molecule has 0 bridgehead atoms. The molecule has 11 atom stereocenters. The van der Waals surface area contributed by atoms with Gasteiger partial charge in [0.1, 0.15) is 30.5 Å². The summed E-state index contributed by atoms with van der Waals surface area (Å²) in [5.74, 6) is -6.98. The van der Waals surface area contributed by atoms with Crippen molar-refractivity contribution in [2.45, 2.75) is 90.2 Å². The van der Waals surface area contributed by atoms with Gasteiger partial charge in [0.2, 0.25) is 0 Å². The lowest BCUT2D eigenvalue weighted by Crippen LogP contribution is -2.82. The fourth-order valence-electron chi connectivity index (χ4n) is 8.87. The molecule has 3 aliphatic rings. The summed E-state index contributed by atoms with van der Waals surface area (Å²) < 4.78 is 23.7. The van der Waals surface area contributed by atoms with Crippen molar-refractivity contribution >= 4 is 29.7 Å². The third-order valence-corrected chi connectivity index (χ3v) is 11.4. The van der Waals surface area contributed by atoms with Gasteiger partial charge in [0.15, 0.2) is 17.5 Å². The van der Waals surface area contributed by atoms with Crippen LogP contribution in [0.15, 0.2) is 73.3 Å². The average Bonchev–Trinajstić information content (AvgIpc) is 3.08. The van der Waals surface area contributed by atoms with E-state index in [0.29, 0.717) is 0 Å². The van der Waals surface area contributed by atoms with E-state index < -0.39 is 100.0 Å². The minimum atomic E-state index is -2.70. The van der Waals surface area contributed by atoms with E-state index in [1.807, 2.05) is 0 Å². The van der Waals surface area contributed by atoms with Crippen LogP contribution in [-0.2, 0) is 33.3 Å². The van der Waals surface area contributed by atoms with Crippen molar-refractivity contribution in [3.05, 3.63) is 84.4 Å². The highest BCUT2D eigenvalue weighted by atomic mass is 16.6. The molecule has 268 valence electrons. The summed E-state index contributed by atoms with van der Waals surface area (Å²) in [7, 11) is 0. The van der Waals surface area contributed by atoms with Crippen LogP contribution < -0.4 is 0 Å². The van der Waals surface area contributed by atoms with Crippen LogP contribution in [0.5, 0.6) is 0 Å². The first kappa shape index (κ1) is 36.9. The molecule has 5 rings (SSSR count). The average molecular weight is 693 g/mol. The topological polar surface area (TPSA) is 183 Å². The molecular weight excluding hydrogens is 648 g/mol. The number of hydrogen-bond donors (Lipinski definition) is 3. The smallest absolute Gasteiger partial charge is 0.338 e. The normalized spacial score (nSPS) is 37.3. The van der Waals surface area contributed by atoms with E-state index in [4.69, 9.17) is 18.9 Å². The second-order valence-corrected chi connectivity index (χ2v) is 14.6. The Hall–Kier alpha value is -4.39. The van der Waals surface area contributed by atoms with Crippen LogP contribution >= 0.6 is 0 Å². The maximum atomic E-state index is 14.7. The van der Waals surface area contributed by atoms with Gasteiger partial charge < -0.3 is 34.3 Å². The van der Waals surface area contributed by atoms with Crippen molar-refractivity contribution in [2.24, 2.45) is 28.1 Å². The molecule has 0 aromatic heterocycles. The number of carbonyl (C=O) groups is 5. The molecule has 0 amide bonds. The molecular formula is C38H44O12. The van der Waals surface area contributed by atoms with Gasteiger partial charge in [0.25, 0.3) is 0 Å². The lowest BCUT2D eigenvalue weighted by atomic mass is 9.38. The van der Waals surface area contributed by atoms with Crippen LogP contribution in [0.4, 0.5) is 0 Å². The summed E-state index contributed by atoms with van der Waals surface area (Å²) in [4.78, 5) is 67.5. The largest absolute Gasteiger partial charge is 0.459 e. The molecule has 50 heavy (non-hydrogen) atoms. The molecule has 0 aliphatic heterocycles. The molecule has 0 spiro atoms. The van der Waals surface area contributed by atoms with Crippen molar-refractivity contribution in [3.63, 3.8) is 0 Å². The number of ether oxygens (including phenoxy) is 4. The fraction of sp³-hybridized carbons (Fsp3) is 0.500. The zero-order chi connectivity index (χ0) is 37.0. The van der Waals surface area contributed by atoms with E-state index in [1.54, 1.807) is 57.2 Å². The summed E-state index contributed by atoms with van der Waals surface area (Å²) in [5, 5.41) is 37.0. The number of aliphatic hydroxyl groups is 3. The van der Waals surface area contributed by atoms with Crippen LogP contribution in [0.3, 0.4) is 0 Å². The second kappa shape index (κ2) is 13.1. The van der Waals surface area contributed by atoms with E-state index in [0.717, 1.165) is 19.9 Å². The maximum absolute atomic E-state index is 14.7. The number of rotatable bonds is 7. The van der Waals surface area contributed by atoms with E-state index in [1.165, 1.54) is 31.2 Å². The summed E-state index contributed by atoms with van der Waals surface area (Å²) in [6.07, 6.45) is -8.90. The standard InChI is InChI=1S/C38H44O12/c1-8-36(6)30(42)26(49-32(43)22-15-11-9-12-16-22)28-37(7)24(19-25(47-20(2)39)38(28,46)34(36)45)35(4,5)29(41)27(48-21(3)40)31(37)50-33(44)23-17-13-10-14-18-23/h8-18,24-31,41-42,46H,1,19H2,2-7H3/t24-,25+,26-,27-,28+,29+,30-,31-,36-,37-,38-/m0/s1. The first-order valence-corrected chi connectivity index (χ1v) is 16.5. The Morgan fingerprint density at radius 3 is 1.74 bits per heavy atom. The number of Topliss-reactive ketones (excluding diaryl/α,β-unsaturated/α-hetero) is 1. The summed E-state index contributed by atoms with van der Waals surface area (Å²) in [6.45, 7) is 12.2. The minimum absolute atomic E-state index is 0.0961. The number of benzene rings is 2. The van der Waals surface area contributed by atoms with Crippen molar-refractivity contribution in [1.29, 1.82) is 0 Å². The molecule has 3 aliphatic carbocycles. The summed E-state index contributed by atoms with van der Waals surface area (Å²) >= 11 is 0. The lowest BCUT2D eigenvalue weighted by molar-refractivity contribution is -0.321. The molecule has 3 saturated carbocycles. The number of carbonyl (C=O) groups excluding carboxylic acids is 5. The minimum Gasteiger partial charge on any atom is -0.459 e. The Morgan fingerprint density at radius 1 is 0.760 bits per heavy atom. The Balaban J connectivity index is 1.82. The molecule has 12 heteroatoms. The molecule has 3 N–H and O–H groups in total. The maximum Gasteiger partial charge on any atom is 0.338 e. The molecule has 0 unspecified atom stereocenters. The monoisotopic (exact) mass is 692 g/mol. The number of ketones is 1.